The number of amides is 1. The first kappa shape index (κ1) is 26.7. The van der Waals surface area contributed by atoms with Crippen molar-refractivity contribution in [3.8, 4) is 11.5 Å². The molecule has 7 heteroatoms. The van der Waals surface area contributed by atoms with Crippen LogP contribution in [-0.4, -0.2) is 42.1 Å². The van der Waals surface area contributed by atoms with Crippen molar-refractivity contribution in [2.24, 2.45) is 5.92 Å². The lowest BCUT2D eigenvalue weighted by atomic mass is 9.62. The molecule has 0 saturated carbocycles. The molecule has 1 saturated heterocycles. The quantitative estimate of drug-likeness (QED) is 0.271. The number of anilines is 1. The summed E-state index contributed by atoms with van der Waals surface area (Å²) < 4.78 is 11.3. The molecule has 43 heavy (non-hydrogen) atoms. The normalized spacial score (nSPS) is 22.9. The van der Waals surface area contributed by atoms with Crippen LogP contribution in [-0.2, 0) is 10.2 Å². The number of hydrogen-bond acceptors (Lipinski definition) is 6. The molecule has 0 bridgehead atoms. The van der Waals surface area contributed by atoms with Crippen molar-refractivity contribution in [3.63, 3.8) is 0 Å². The van der Waals surface area contributed by atoms with Crippen molar-refractivity contribution >= 4 is 29.2 Å². The molecule has 4 atom stereocenters. The maximum absolute atomic E-state index is 15.1. The molecule has 0 aliphatic carbocycles. The van der Waals surface area contributed by atoms with Crippen LogP contribution >= 0.6 is 0 Å². The van der Waals surface area contributed by atoms with Gasteiger partial charge in [0.1, 0.15) is 23.0 Å². The van der Waals surface area contributed by atoms with Gasteiger partial charge in [0.15, 0.2) is 11.6 Å². The SMILES string of the molecule is CCOc1ccccc1C(=O)[C@H]1[C@@H](C(=O)c2cccc(OC)c2)N2C=Cc3ccccc3[C@@H]2[C@]12C(=O)Nc1ccccc12. The van der Waals surface area contributed by atoms with Gasteiger partial charge in [-0.25, -0.2) is 0 Å². The van der Waals surface area contributed by atoms with Crippen molar-refractivity contribution in [1.82, 2.24) is 4.90 Å². The fourth-order valence-corrected chi connectivity index (χ4v) is 7.23. The average Bonchev–Trinajstić information content (AvgIpc) is 3.53. The second-order valence-corrected chi connectivity index (χ2v) is 11.0. The predicted octanol–water partition coefficient (Wildman–Crippen LogP) is 6.08. The highest BCUT2D eigenvalue weighted by Gasteiger charge is 2.70. The number of nitrogens with one attached hydrogen (secondary N) is 1. The largest absolute Gasteiger partial charge is 0.497 e. The summed E-state index contributed by atoms with van der Waals surface area (Å²) in [5.41, 5.74) is 2.50. The van der Waals surface area contributed by atoms with E-state index in [1.165, 1.54) is 0 Å². The molecule has 1 amide bonds. The summed E-state index contributed by atoms with van der Waals surface area (Å²) in [6.07, 6.45) is 3.82. The lowest BCUT2D eigenvalue weighted by Gasteiger charge is -2.38. The molecular formula is C36H30N2O5. The number of rotatable bonds is 7. The second-order valence-electron chi connectivity index (χ2n) is 11.0. The Morgan fingerprint density at radius 3 is 2.51 bits per heavy atom. The van der Waals surface area contributed by atoms with E-state index in [1.54, 1.807) is 49.6 Å². The summed E-state index contributed by atoms with van der Waals surface area (Å²) in [6, 6.07) is 27.7. The number of hydrogen-bond donors (Lipinski definition) is 1. The van der Waals surface area contributed by atoms with Gasteiger partial charge < -0.3 is 19.7 Å². The zero-order valence-electron chi connectivity index (χ0n) is 23.8. The first-order valence-electron chi connectivity index (χ1n) is 14.4. The van der Waals surface area contributed by atoms with Crippen LogP contribution in [0.3, 0.4) is 0 Å². The first-order valence-corrected chi connectivity index (χ1v) is 14.4. The van der Waals surface area contributed by atoms with E-state index in [-0.39, 0.29) is 17.5 Å². The Hall–Kier alpha value is -5.17. The molecule has 214 valence electrons. The Morgan fingerprint density at radius 2 is 1.67 bits per heavy atom. The smallest absolute Gasteiger partial charge is 0.238 e. The predicted molar refractivity (Wildman–Crippen MR) is 163 cm³/mol. The molecule has 4 aromatic carbocycles. The van der Waals surface area contributed by atoms with E-state index in [2.05, 4.69) is 5.32 Å². The zero-order chi connectivity index (χ0) is 29.7. The molecule has 7 nitrogen and oxygen atoms in total. The molecule has 1 fully saturated rings. The molecule has 0 radical (unpaired) electrons. The van der Waals surface area contributed by atoms with Crippen LogP contribution in [0.4, 0.5) is 5.69 Å². The third-order valence-corrected chi connectivity index (χ3v) is 8.93. The second kappa shape index (κ2) is 10.3. The van der Waals surface area contributed by atoms with Gasteiger partial charge in [0.25, 0.3) is 0 Å². The van der Waals surface area contributed by atoms with Crippen LogP contribution in [0.15, 0.2) is 103 Å². The van der Waals surface area contributed by atoms with Crippen molar-refractivity contribution in [3.05, 3.63) is 131 Å². The number of carbonyl (C=O) groups excluding carboxylic acids is 3. The molecule has 1 spiro atoms. The summed E-state index contributed by atoms with van der Waals surface area (Å²) in [5, 5.41) is 3.08. The summed E-state index contributed by atoms with van der Waals surface area (Å²) >= 11 is 0. The standard InChI is InChI=1S/C36H30N2O5/c1-3-43-29-18-9-6-15-26(29)33(40)30-31(32(39)23-12-10-13-24(21-23)42-2)38-20-19-22-11-4-5-14-25(22)34(38)36(30)27-16-7-8-17-28(27)37-35(36)41/h4-21,30-31,34H,3H2,1-2H3,(H,37,41)/t30-,31+,34-,36-/m1/s1. The summed E-state index contributed by atoms with van der Waals surface area (Å²) in [5.74, 6) is -1.03. The number of fused-ring (bicyclic) bond motifs is 6. The number of nitrogens with zero attached hydrogens (tertiary/aromatic N) is 1. The van der Waals surface area contributed by atoms with E-state index in [9.17, 15) is 9.59 Å². The monoisotopic (exact) mass is 570 g/mol. The van der Waals surface area contributed by atoms with Gasteiger partial charge in [-0.1, -0.05) is 66.7 Å². The average molecular weight is 571 g/mol. The summed E-state index contributed by atoms with van der Waals surface area (Å²) in [6.45, 7) is 2.22. The molecule has 0 unspecified atom stereocenters. The van der Waals surface area contributed by atoms with Crippen LogP contribution in [0.1, 0.15) is 50.4 Å². The van der Waals surface area contributed by atoms with E-state index in [4.69, 9.17) is 9.47 Å². The van der Waals surface area contributed by atoms with E-state index in [0.717, 1.165) is 11.1 Å². The highest BCUT2D eigenvalue weighted by Crippen LogP contribution is 2.62. The zero-order valence-corrected chi connectivity index (χ0v) is 23.8. The molecule has 3 aliphatic rings. The minimum atomic E-state index is -1.41. The Bertz CT molecular complexity index is 1810. The molecule has 3 aliphatic heterocycles. The topological polar surface area (TPSA) is 84.9 Å². The van der Waals surface area contributed by atoms with E-state index < -0.39 is 23.4 Å². The number of para-hydroxylation sites is 2. The van der Waals surface area contributed by atoms with E-state index in [0.29, 0.717) is 40.5 Å². The van der Waals surface area contributed by atoms with Crippen molar-refractivity contribution in [2.75, 3.05) is 19.0 Å². The van der Waals surface area contributed by atoms with Crippen LogP contribution in [0.25, 0.3) is 6.08 Å². The third-order valence-electron chi connectivity index (χ3n) is 8.93. The van der Waals surface area contributed by atoms with Gasteiger partial charge in [-0.3, -0.25) is 14.4 Å². The maximum atomic E-state index is 15.1. The fourth-order valence-electron chi connectivity index (χ4n) is 7.23. The van der Waals surface area contributed by atoms with Gasteiger partial charge in [-0.15, -0.1) is 0 Å². The van der Waals surface area contributed by atoms with Gasteiger partial charge in [-0.05, 0) is 60.0 Å². The highest BCUT2D eigenvalue weighted by molar-refractivity contribution is 6.17. The fraction of sp³-hybridized carbons (Fsp3) is 0.194. The van der Waals surface area contributed by atoms with Crippen molar-refractivity contribution < 1.29 is 23.9 Å². The molecule has 1 N–H and O–H groups in total. The lowest BCUT2D eigenvalue weighted by molar-refractivity contribution is -0.122. The van der Waals surface area contributed by atoms with Crippen LogP contribution < -0.4 is 14.8 Å². The number of methoxy groups -OCH3 is 1. The highest BCUT2D eigenvalue weighted by atomic mass is 16.5. The van der Waals surface area contributed by atoms with Crippen molar-refractivity contribution in [1.29, 1.82) is 0 Å². The van der Waals surface area contributed by atoms with Gasteiger partial charge in [-0.2, -0.15) is 0 Å². The number of benzene rings is 4. The first-order chi connectivity index (χ1) is 21.0. The van der Waals surface area contributed by atoms with E-state index in [1.807, 2.05) is 78.7 Å². The molecule has 3 heterocycles. The lowest BCUT2D eigenvalue weighted by Crippen LogP contribution is -2.49. The minimum absolute atomic E-state index is 0.269. The van der Waals surface area contributed by atoms with Gasteiger partial charge in [0, 0.05) is 17.5 Å². The van der Waals surface area contributed by atoms with Crippen LogP contribution in [0.2, 0.25) is 0 Å². The van der Waals surface area contributed by atoms with Gasteiger partial charge in [0.05, 0.1) is 31.2 Å². The Balaban J connectivity index is 1.54. The van der Waals surface area contributed by atoms with Gasteiger partial charge in [0.2, 0.25) is 5.91 Å². The number of ether oxygens (including phenoxy) is 2. The van der Waals surface area contributed by atoms with Gasteiger partial charge >= 0.3 is 0 Å². The number of Topliss-reactive ketones (excluding diaryl/α,β-unsaturated/α-hetero) is 2. The van der Waals surface area contributed by atoms with E-state index >= 15 is 4.79 Å². The number of ketones is 2. The molecule has 7 rings (SSSR count). The molecule has 4 aromatic rings. The maximum Gasteiger partial charge on any atom is 0.238 e. The third kappa shape index (κ3) is 3.84. The van der Waals surface area contributed by atoms with Crippen LogP contribution in [0.5, 0.6) is 11.5 Å². The molecule has 0 aromatic heterocycles. The Labute approximate surface area is 249 Å². The Morgan fingerprint density at radius 1 is 0.907 bits per heavy atom. The number of carbonyl (C=O) groups is 3. The minimum Gasteiger partial charge on any atom is -0.497 e. The Kier molecular flexibility index (Phi) is 6.38. The summed E-state index contributed by atoms with van der Waals surface area (Å²) in [4.78, 5) is 46.4. The van der Waals surface area contributed by atoms with Crippen molar-refractivity contribution in [2.45, 2.75) is 24.4 Å². The van der Waals surface area contributed by atoms with Crippen LogP contribution in [0, 0.1) is 5.92 Å². The summed E-state index contributed by atoms with van der Waals surface area (Å²) in [7, 11) is 1.55. The molecular weight excluding hydrogens is 540 g/mol.